The summed E-state index contributed by atoms with van der Waals surface area (Å²) in [5.41, 5.74) is 0. The Morgan fingerprint density at radius 2 is 0.964 bits per heavy atom. The number of aliphatic hydroxyl groups excluding tert-OH is 1. The van der Waals surface area contributed by atoms with Crippen LogP contribution in [0.1, 0.15) is 122 Å². The molecule has 0 aliphatic rings. The Morgan fingerprint density at radius 1 is 0.607 bits per heavy atom. The van der Waals surface area contributed by atoms with Gasteiger partial charge in [-0.05, 0) is 18.9 Å². The summed E-state index contributed by atoms with van der Waals surface area (Å²) in [7, 11) is 2.31. The molecule has 0 amide bonds. The first-order valence-corrected chi connectivity index (χ1v) is 12.7. The fraction of sp³-hybridized carbons (Fsp3) is 0.923. The Balaban J connectivity index is 3.31. The summed E-state index contributed by atoms with van der Waals surface area (Å²) in [6, 6.07) is 0. The van der Waals surface area contributed by atoms with Crippen LogP contribution >= 0.6 is 0 Å². The van der Waals surface area contributed by atoms with Crippen molar-refractivity contribution in [1.29, 1.82) is 0 Å². The van der Waals surface area contributed by atoms with Gasteiger partial charge in [-0.2, -0.15) is 0 Å². The van der Waals surface area contributed by atoms with Crippen molar-refractivity contribution in [3.63, 3.8) is 0 Å². The summed E-state index contributed by atoms with van der Waals surface area (Å²) in [5.74, 6) is 0. The van der Waals surface area contributed by atoms with Gasteiger partial charge in [0.1, 0.15) is 0 Å². The zero-order valence-corrected chi connectivity index (χ0v) is 19.7. The molecule has 0 saturated carbocycles. The SMILES string of the molecule is C=CC[N+](C)(CCCO)CCCCCCCCCCCCCCCCCCC. The first kappa shape index (κ1) is 27.7. The fourth-order valence-electron chi connectivity index (χ4n) is 4.28. The fourth-order valence-corrected chi connectivity index (χ4v) is 4.28. The van der Waals surface area contributed by atoms with Crippen molar-refractivity contribution in [3.8, 4) is 0 Å². The normalized spacial score (nSPS) is 13.5. The molecular weight excluding hydrogens is 342 g/mol. The third-order valence-corrected chi connectivity index (χ3v) is 6.23. The highest BCUT2D eigenvalue weighted by Gasteiger charge is 2.18. The van der Waals surface area contributed by atoms with Crippen molar-refractivity contribution in [1.82, 2.24) is 0 Å². The Bertz CT molecular complexity index is 318. The topological polar surface area (TPSA) is 20.2 Å². The van der Waals surface area contributed by atoms with Gasteiger partial charge in [0.05, 0.1) is 26.7 Å². The minimum atomic E-state index is 0.310. The Morgan fingerprint density at radius 3 is 1.32 bits per heavy atom. The Hall–Kier alpha value is -0.340. The van der Waals surface area contributed by atoms with Gasteiger partial charge in [0, 0.05) is 13.0 Å². The molecule has 0 radical (unpaired) electrons. The minimum absolute atomic E-state index is 0.310. The van der Waals surface area contributed by atoms with Gasteiger partial charge < -0.3 is 9.59 Å². The van der Waals surface area contributed by atoms with E-state index in [-0.39, 0.29) is 0 Å². The second-order valence-electron chi connectivity index (χ2n) is 9.27. The van der Waals surface area contributed by atoms with E-state index in [4.69, 9.17) is 5.11 Å². The minimum Gasteiger partial charge on any atom is -0.396 e. The van der Waals surface area contributed by atoms with Crippen LogP contribution in [0.2, 0.25) is 0 Å². The van der Waals surface area contributed by atoms with Crippen molar-refractivity contribution in [2.75, 3.05) is 33.3 Å². The summed E-state index contributed by atoms with van der Waals surface area (Å²) >= 11 is 0. The lowest BCUT2D eigenvalue weighted by molar-refractivity contribution is -0.904. The van der Waals surface area contributed by atoms with E-state index < -0.39 is 0 Å². The quantitative estimate of drug-likeness (QED) is 0.107. The van der Waals surface area contributed by atoms with Crippen molar-refractivity contribution in [2.24, 2.45) is 0 Å². The summed E-state index contributed by atoms with van der Waals surface area (Å²) in [6.45, 7) is 9.83. The molecule has 1 atom stereocenters. The molecule has 0 aromatic heterocycles. The van der Waals surface area contributed by atoms with Crippen LogP contribution in [0, 0.1) is 0 Å². The van der Waals surface area contributed by atoms with E-state index in [2.05, 4.69) is 20.6 Å². The number of hydrogen-bond acceptors (Lipinski definition) is 1. The molecule has 2 nitrogen and oxygen atoms in total. The molecule has 0 aliphatic carbocycles. The van der Waals surface area contributed by atoms with E-state index in [9.17, 15) is 0 Å². The second-order valence-corrected chi connectivity index (χ2v) is 9.27. The van der Waals surface area contributed by atoms with E-state index in [0.29, 0.717) is 6.61 Å². The lowest BCUT2D eigenvalue weighted by atomic mass is 10.0. The number of unbranched alkanes of at least 4 members (excludes halogenated alkanes) is 16. The zero-order valence-electron chi connectivity index (χ0n) is 19.7. The largest absolute Gasteiger partial charge is 0.396 e. The van der Waals surface area contributed by atoms with Gasteiger partial charge in [-0.3, -0.25) is 0 Å². The molecule has 0 saturated heterocycles. The van der Waals surface area contributed by atoms with Crippen LogP contribution in [0.25, 0.3) is 0 Å². The van der Waals surface area contributed by atoms with Gasteiger partial charge in [-0.15, -0.1) is 0 Å². The van der Waals surface area contributed by atoms with E-state index in [1.807, 2.05) is 6.08 Å². The monoisotopic (exact) mass is 396 g/mol. The maximum Gasteiger partial charge on any atom is 0.0969 e. The van der Waals surface area contributed by atoms with Gasteiger partial charge in [-0.1, -0.05) is 110 Å². The average Bonchev–Trinajstić information content (AvgIpc) is 2.69. The number of likely N-dealkylation sites (N-methyl/N-ethyl adjacent to an activating group) is 1. The third kappa shape index (κ3) is 19.0. The number of nitrogens with zero attached hydrogens (tertiary/aromatic N) is 1. The van der Waals surface area contributed by atoms with Gasteiger partial charge in [0.2, 0.25) is 0 Å². The highest BCUT2D eigenvalue weighted by atomic mass is 16.3. The molecule has 28 heavy (non-hydrogen) atoms. The Kier molecular flexibility index (Phi) is 21.1. The molecule has 0 heterocycles. The third-order valence-electron chi connectivity index (χ3n) is 6.23. The maximum atomic E-state index is 9.08. The predicted octanol–water partition coefficient (Wildman–Crippen LogP) is 7.65. The van der Waals surface area contributed by atoms with Crippen LogP contribution in [-0.2, 0) is 0 Å². The van der Waals surface area contributed by atoms with Crippen LogP contribution in [-0.4, -0.2) is 42.9 Å². The molecule has 0 rings (SSSR count). The molecule has 0 spiro atoms. The smallest absolute Gasteiger partial charge is 0.0969 e. The molecule has 2 heteroatoms. The number of aliphatic hydroxyl groups is 1. The van der Waals surface area contributed by atoms with E-state index in [1.165, 1.54) is 116 Å². The number of hydrogen-bond donors (Lipinski definition) is 1. The molecule has 0 bridgehead atoms. The number of quaternary nitrogens is 1. The van der Waals surface area contributed by atoms with Crippen LogP contribution in [0.3, 0.4) is 0 Å². The first-order valence-electron chi connectivity index (χ1n) is 12.7. The summed E-state index contributed by atoms with van der Waals surface area (Å²) in [5, 5.41) is 9.08. The molecule has 0 aromatic carbocycles. The highest BCUT2D eigenvalue weighted by molar-refractivity contribution is 4.65. The van der Waals surface area contributed by atoms with Gasteiger partial charge in [0.15, 0.2) is 0 Å². The average molecular weight is 397 g/mol. The molecule has 0 aromatic rings. The second kappa shape index (κ2) is 21.4. The van der Waals surface area contributed by atoms with E-state index in [1.54, 1.807) is 0 Å². The predicted molar refractivity (Wildman–Crippen MR) is 127 cm³/mol. The maximum absolute atomic E-state index is 9.08. The Labute approximate surface area is 178 Å². The molecule has 0 fully saturated rings. The van der Waals surface area contributed by atoms with Gasteiger partial charge in [0.25, 0.3) is 0 Å². The molecule has 1 N–H and O–H groups in total. The van der Waals surface area contributed by atoms with Crippen molar-refractivity contribution in [3.05, 3.63) is 12.7 Å². The first-order chi connectivity index (χ1) is 13.7. The summed E-state index contributed by atoms with van der Waals surface area (Å²) in [4.78, 5) is 0. The highest BCUT2D eigenvalue weighted by Crippen LogP contribution is 2.15. The van der Waals surface area contributed by atoms with E-state index >= 15 is 0 Å². The molecular formula is C26H54NO+. The number of rotatable bonds is 23. The molecule has 1 unspecified atom stereocenters. The summed E-state index contributed by atoms with van der Waals surface area (Å²) < 4.78 is 1.04. The van der Waals surface area contributed by atoms with Crippen LogP contribution in [0.5, 0.6) is 0 Å². The zero-order chi connectivity index (χ0) is 20.8. The standard InChI is InChI=1S/C26H54NO/c1-4-6-7-8-9-10-11-12-13-14-15-16-17-18-19-20-21-24-27(3,23-5-2)25-22-26-28/h5,28H,2,4,6-26H2,1,3H3/q+1. The van der Waals surface area contributed by atoms with Crippen LogP contribution in [0.15, 0.2) is 12.7 Å². The molecule has 168 valence electrons. The van der Waals surface area contributed by atoms with Gasteiger partial charge in [-0.25, -0.2) is 0 Å². The lowest BCUT2D eigenvalue weighted by Gasteiger charge is -2.33. The van der Waals surface area contributed by atoms with Crippen molar-refractivity contribution in [2.45, 2.75) is 122 Å². The molecule has 0 aliphatic heterocycles. The van der Waals surface area contributed by atoms with Crippen molar-refractivity contribution < 1.29 is 9.59 Å². The van der Waals surface area contributed by atoms with Gasteiger partial charge >= 0.3 is 0 Å². The lowest BCUT2D eigenvalue weighted by Crippen LogP contribution is -2.45. The van der Waals surface area contributed by atoms with E-state index in [0.717, 1.165) is 24.0 Å². The van der Waals surface area contributed by atoms with Crippen LogP contribution < -0.4 is 0 Å². The summed E-state index contributed by atoms with van der Waals surface area (Å²) in [6.07, 6.45) is 27.2. The van der Waals surface area contributed by atoms with Crippen molar-refractivity contribution >= 4 is 0 Å². The van der Waals surface area contributed by atoms with Crippen LogP contribution in [0.4, 0.5) is 0 Å².